The number of piperidine rings is 1. The van der Waals surface area contributed by atoms with E-state index < -0.39 is 0 Å². The molecule has 1 saturated carbocycles. The van der Waals surface area contributed by atoms with Crippen LogP contribution in [-0.4, -0.2) is 40.8 Å². The average Bonchev–Trinajstić information content (AvgIpc) is 2.47. The van der Waals surface area contributed by atoms with Gasteiger partial charge in [-0.25, -0.2) is 0 Å². The van der Waals surface area contributed by atoms with Crippen molar-refractivity contribution in [3.8, 4) is 0 Å². The molecule has 0 spiro atoms. The number of amides is 2. The van der Waals surface area contributed by atoms with Gasteiger partial charge in [0.2, 0.25) is 5.91 Å². The maximum absolute atomic E-state index is 12.2. The van der Waals surface area contributed by atoms with Gasteiger partial charge in [0.1, 0.15) is 5.69 Å². The monoisotopic (exact) mass is 287 g/mol. The van der Waals surface area contributed by atoms with Crippen molar-refractivity contribution in [3.63, 3.8) is 0 Å². The van der Waals surface area contributed by atoms with Crippen LogP contribution in [0.1, 0.15) is 42.6 Å². The molecule has 2 heterocycles. The van der Waals surface area contributed by atoms with E-state index in [1.807, 2.05) is 11.0 Å². The summed E-state index contributed by atoms with van der Waals surface area (Å²) in [7, 11) is 0. The van der Waals surface area contributed by atoms with E-state index >= 15 is 0 Å². The highest BCUT2D eigenvalue weighted by molar-refractivity contribution is 5.92. The Kier molecular flexibility index (Phi) is 4.18. The van der Waals surface area contributed by atoms with E-state index in [-0.39, 0.29) is 17.9 Å². The molecule has 0 unspecified atom stereocenters. The van der Waals surface area contributed by atoms with Gasteiger partial charge in [-0.15, -0.1) is 0 Å². The van der Waals surface area contributed by atoms with Crippen molar-refractivity contribution < 1.29 is 9.59 Å². The Morgan fingerprint density at radius 1 is 1.14 bits per heavy atom. The number of rotatable bonds is 3. The van der Waals surface area contributed by atoms with Gasteiger partial charge in [-0.1, -0.05) is 12.5 Å². The van der Waals surface area contributed by atoms with Crippen molar-refractivity contribution in [1.29, 1.82) is 0 Å². The Bertz CT molecular complexity index is 506. The van der Waals surface area contributed by atoms with Crippen molar-refractivity contribution in [3.05, 3.63) is 30.1 Å². The predicted octanol–water partition coefficient (Wildman–Crippen LogP) is 1.60. The van der Waals surface area contributed by atoms with Crippen molar-refractivity contribution in [2.75, 3.05) is 13.1 Å². The first-order valence-electron chi connectivity index (χ1n) is 7.75. The summed E-state index contributed by atoms with van der Waals surface area (Å²) in [6.07, 6.45) is 6.57. The minimum atomic E-state index is -0.126. The zero-order valence-electron chi connectivity index (χ0n) is 12.1. The Labute approximate surface area is 124 Å². The lowest BCUT2D eigenvalue weighted by molar-refractivity contribution is -0.139. The van der Waals surface area contributed by atoms with Gasteiger partial charge in [-0.05, 0) is 37.8 Å². The van der Waals surface area contributed by atoms with Crippen LogP contribution < -0.4 is 5.32 Å². The number of pyridine rings is 1. The molecule has 0 atom stereocenters. The van der Waals surface area contributed by atoms with Gasteiger partial charge in [-0.3, -0.25) is 14.6 Å². The van der Waals surface area contributed by atoms with Crippen molar-refractivity contribution >= 4 is 11.8 Å². The second kappa shape index (κ2) is 6.24. The normalized spacial score (nSPS) is 19.9. The topological polar surface area (TPSA) is 62.3 Å². The molecule has 3 rings (SSSR count). The molecule has 0 radical (unpaired) electrons. The predicted molar refractivity (Wildman–Crippen MR) is 78.6 cm³/mol. The summed E-state index contributed by atoms with van der Waals surface area (Å²) < 4.78 is 0. The number of aromatic nitrogens is 1. The molecule has 5 heteroatoms. The van der Waals surface area contributed by atoms with Crippen molar-refractivity contribution in [2.45, 2.75) is 38.1 Å². The van der Waals surface area contributed by atoms with Crippen LogP contribution in [0.2, 0.25) is 0 Å². The molecule has 112 valence electrons. The molecule has 0 aromatic carbocycles. The molecule has 0 bridgehead atoms. The molecular weight excluding hydrogens is 266 g/mol. The van der Waals surface area contributed by atoms with Crippen LogP contribution in [0.5, 0.6) is 0 Å². The summed E-state index contributed by atoms with van der Waals surface area (Å²) in [5.74, 6) is 0.458. The fraction of sp³-hybridized carbons (Fsp3) is 0.562. The van der Waals surface area contributed by atoms with Crippen LogP contribution >= 0.6 is 0 Å². The molecule has 2 aliphatic rings. The second-order valence-electron chi connectivity index (χ2n) is 5.92. The smallest absolute Gasteiger partial charge is 0.270 e. The minimum Gasteiger partial charge on any atom is -0.348 e. The first-order valence-corrected chi connectivity index (χ1v) is 7.75. The third-order valence-electron chi connectivity index (χ3n) is 4.49. The van der Waals surface area contributed by atoms with Crippen LogP contribution in [0.4, 0.5) is 0 Å². The van der Waals surface area contributed by atoms with Crippen LogP contribution in [-0.2, 0) is 4.79 Å². The maximum Gasteiger partial charge on any atom is 0.270 e. The third-order valence-corrected chi connectivity index (χ3v) is 4.49. The number of hydrogen-bond donors (Lipinski definition) is 1. The first-order chi connectivity index (χ1) is 10.2. The summed E-state index contributed by atoms with van der Waals surface area (Å²) in [5.41, 5.74) is 0.450. The first kappa shape index (κ1) is 14.0. The number of likely N-dealkylation sites (tertiary alicyclic amines) is 1. The fourth-order valence-electron chi connectivity index (χ4n) is 2.91. The van der Waals surface area contributed by atoms with Crippen LogP contribution in [0.25, 0.3) is 0 Å². The minimum absolute atomic E-state index is 0.126. The number of hydrogen-bond acceptors (Lipinski definition) is 3. The lowest BCUT2D eigenvalue weighted by Gasteiger charge is -2.36. The van der Waals surface area contributed by atoms with Gasteiger partial charge in [0.05, 0.1) is 0 Å². The third kappa shape index (κ3) is 3.23. The highest BCUT2D eigenvalue weighted by atomic mass is 16.2. The highest BCUT2D eigenvalue weighted by Crippen LogP contribution is 2.29. The Morgan fingerprint density at radius 3 is 2.48 bits per heavy atom. The second-order valence-corrected chi connectivity index (χ2v) is 5.92. The van der Waals surface area contributed by atoms with Crippen LogP contribution in [0.3, 0.4) is 0 Å². The molecule has 1 aromatic heterocycles. The molecule has 1 aliphatic heterocycles. The van der Waals surface area contributed by atoms with Crippen molar-refractivity contribution in [1.82, 2.24) is 15.2 Å². The SMILES string of the molecule is O=C(NC1CCN(C(=O)C2CCC2)CC1)c1ccccn1. The summed E-state index contributed by atoms with van der Waals surface area (Å²) >= 11 is 0. The van der Waals surface area contributed by atoms with E-state index in [1.54, 1.807) is 18.3 Å². The quantitative estimate of drug-likeness (QED) is 0.918. The van der Waals surface area contributed by atoms with E-state index in [0.717, 1.165) is 38.8 Å². The van der Waals surface area contributed by atoms with Gasteiger partial charge in [0.25, 0.3) is 5.91 Å². The van der Waals surface area contributed by atoms with E-state index in [9.17, 15) is 9.59 Å². The summed E-state index contributed by atoms with van der Waals surface area (Å²) in [4.78, 5) is 30.2. The number of carbonyl (C=O) groups is 2. The summed E-state index contributed by atoms with van der Waals surface area (Å²) in [6, 6.07) is 5.46. The Balaban J connectivity index is 1.47. The molecule has 5 nitrogen and oxygen atoms in total. The molecule has 21 heavy (non-hydrogen) atoms. The summed E-state index contributed by atoms with van der Waals surface area (Å²) in [5, 5.41) is 3.01. The largest absolute Gasteiger partial charge is 0.348 e. The van der Waals surface area contributed by atoms with Crippen LogP contribution in [0.15, 0.2) is 24.4 Å². The summed E-state index contributed by atoms with van der Waals surface area (Å²) in [6.45, 7) is 1.50. The number of nitrogens with zero attached hydrogens (tertiary/aromatic N) is 2. The maximum atomic E-state index is 12.2. The van der Waals surface area contributed by atoms with Gasteiger partial charge >= 0.3 is 0 Å². The number of carbonyl (C=O) groups excluding carboxylic acids is 2. The molecule has 2 fully saturated rings. The molecule has 2 amide bonds. The van der Waals surface area contributed by atoms with E-state index in [2.05, 4.69) is 10.3 Å². The zero-order valence-corrected chi connectivity index (χ0v) is 12.1. The van der Waals surface area contributed by atoms with Gasteiger partial charge < -0.3 is 10.2 Å². The van der Waals surface area contributed by atoms with E-state index in [4.69, 9.17) is 0 Å². The number of nitrogens with one attached hydrogen (secondary N) is 1. The lowest BCUT2D eigenvalue weighted by Crippen LogP contribution is -2.48. The highest BCUT2D eigenvalue weighted by Gasteiger charge is 2.31. The lowest BCUT2D eigenvalue weighted by atomic mass is 9.84. The fourth-order valence-corrected chi connectivity index (χ4v) is 2.91. The van der Waals surface area contributed by atoms with Gasteiger partial charge in [0, 0.05) is 31.2 Å². The molecule has 1 aliphatic carbocycles. The Hall–Kier alpha value is -1.91. The molecule has 1 saturated heterocycles. The molecule has 1 aromatic rings. The molecular formula is C16H21N3O2. The standard InChI is InChI=1S/C16H21N3O2/c20-15(14-6-1-2-9-17-14)18-13-7-10-19(11-8-13)16(21)12-4-3-5-12/h1-2,6,9,12-13H,3-5,7-8,10-11H2,(H,18,20). The van der Waals surface area contributed by atoms with Crippen molar-refractivity contribution in [2.24, 2.45) is 5.92 Å². The van der Waals surface area contributed by atoms with Gasteiger partial charge in [-0.2, -0.15) is 0 Å². The molecule has 1 N–H and O–H groups in total. The van der Waals surface area contributed by atoms with E-state index in [0.29, 0.717) is 11.6 Å². The zero-order chi connectivity index (χ0) is 14.7. The van der Waals surface area contributed by atoms with Gasteiger partial charge in [0.15, 0.2) is 0 Å². The Morgan fingerprint density at radius 2 is 1.90 bits per heavy atom. The average molecular weight is 287 g/mol. The van der Waals surface area contributed by atoms with Crippen LogP contribution in [0, 0.1) is 5.92 Å². The van der Waals surface area contributed by atoms with E-state index in [1.165, 1.54) is 6.42 Å².